The molecule has 3 rings (SSSR count). The molecule has 1 aliphatic heterocycles. The van der Waals surface area contributed by atoms with E-state index in [1.807, 2.05) is 17.7 Å². The maximum Gasteiger partial charge on any atom is 0.148 e. The first-order valence-corrected chi connectivity index (χ1v) is 7.88. The number of nitrogens with zero attached hydrogens (tertiary/aromatic N) is 5. The van der Waals surface area contributed by atoms with Crippen molar-refractivity contribution in [2.45, 2.75) is 38.8 Å². The van der Waals surface area contributed by atoms with Crippen molar-refractivity contribution in [3.8, 4) is 5.75 Å². The van der Waals surface area contributed by atoms with Gasteiger partial charge in [-0.3, -0.25) is 4.90 Å². The second-order valence-corrected chi connectivity index (χ2v) is 5.77. The van der Waals surface area contributed by atoms with Crippen LogP contribution in [-0.2, 0) is 6.54 Å². The molecule has 22 heavy (non-hydrogen) atoms. The van der Waals surface area contributed by atoms with Crippen LogP contribution in [0.25, 0.3) is 0 Å². The number of aryl methyl sites for hydroxylation is 2. The van der Waals surface area contributed by atoms with E-state index >= 15 is 0 Å². The van der Waals surface area contributed by atoms with Crippen LogP contribution in [0.1, 0.15) is 36.7 Å². The Morgan fingerprint density at radius 3 is 3.00 bits per heavy atom. The second-order valence-electron chi connectivity index (χ2n) is 5.77. The highest BCUT2D eigenvalue weighted by molar-refractivity contribution is 5.31. The number of ether oxygens (including phenoxy) is 1. The molecule has 2 heterocycles. The molecule has 1 aliphatic rings. The summed E-state index contributed by atoms with van der Waals surface area (Å²) >= 11 is 0. The Hall–Kier alpha value is -1.95. The van der Waals surface area contributed by atoms with Gasteiger partial charge in [-0.25, -0.2) is 4.68 Å². The fraction of sp³-hybridized carbons (Fsp3) is 0.562. The average Bonchev–Trinajstić information content (AvgIpc) is 3.17. The van der Waals surface area contributed by atoms with Gasteiger partial charge in [0.15, 0.2) is 0 Å². The predicted molar refractivity (Wildman–Crippen MR) is 83.7 cm³/mol. The van der Waals surface area contributed by atoms with E-state index in [9.17, 15) is 0 Å². The molecule has 0 bridgehead atoms. The molecule has 1 aromatic carbocycles. The number of aromatic nitrogens is 4. The Morgan fingerprint density at radius 2 is 2.23 bits per heavy atom. The number of methoxy groups -OCH3 is 1. The largest absolute Gasteiger partial charge is 0.497 e. The molecule has 1 atom stereocenters. The monoisotopic (exact) mass is 301 g/mol. The second kappa shape index (κ2) is 6.87. The molecule has 2 aromatic rings. The van der Waals surface area contributed by atoms with Gasteiger partial charge in [0, 0.05) is 19.1 Å². The van der Waals surface area contributed by atoms with Crippen molar-refractivity contribution in [3.05, 3.63) is 35.7 Å². The summed E-state index contributed by atoms with van der Waals surface area (Å²) in [6.07, 6.45) is 3.54. The standard InChI is InChI=1S/C16H23N5O/c1-13-17-18-19-21(13)11-5-10-20-9-4-8-16(20)14-6-3-7-15(12-14)22-2/h3,6-7,12,16H,4-5,8-11H2,1-2H3/t16-/m0/s1. The summed E-state index contributed by atoms with van der Waals surface area (Å²) in [4.78, 5) is 2.56. The minimum atomic E-state index is 0.505. The van der Waals surface area contributed by atoms with Gasteiger partial charge in [-0.15, -0.1) is 5.10 Å². The van der Waals surface area contributed by atoms with Crippen LogP contribution >= 0.6 is 0 Å². The minimum absolute atomic E-state index is 0.505. The molecule has 0 saturated carbocycles. The number of hydrogen-bond donors (Lipinski definition) is 0. The molecule has 118 valence electrons. The zero-order valence-corrected chi connectivity index (χ0v) is 13.3. The molecule has 0 radical (unpaired) electrons. The lowest BCUT2D eigenvalue weighted by atomic mass is 10.0. The lowest BCUT2D eigenvalue weighted by molar-refractivity contribution is 0.246. The Balaban J connectivity index is 1.59. The van der Waals surface area contributed by atoms with Crippen molar-refractivity contribution in [1.82, 2.24) is 25.1 Å². The molecule has 0 unspecified atom stereocenters. The van der Waals surface area contributed by atoms with Gasteiger partial charge in [-0.2, -0.15) is 0 Å². The number of hydrogen-bond acceptors (Lipinski definition) is 5. The van der Waals surface area contributed by atoms with Crippen LogP contribution < -0.4 is 4.74 Å². The number of tetrazole rings is 1. The normalized spacial score (nSPS) is 18.7. The third-order valence-corrected chi connectivity index (χ3v) is 4.37. The van der Waals surface area contributed by atoms with Gasteiger partial charge in [-0.05, 0) is 60.9 Å². The predicted octanol–water partition coefficient (Wildman–Crippen LogP) is 2.22. The van der Waals surface area contributed by atoms with Crippen LogP contribution in [0, 0.1) is 6.92 Å². The summed E-state index contributed by atoms with van der Waals surface area (Å²) in [7, 11) is 1.72. The number of rotatable bonds is 6. The van der Waals surface area contributed by atoms with Gasteiger partial charge in [-0.1, -0.05) is 12.1 Å². The van der Waals surface area contributed by atoms with Crippen LogP contribution in [0.15, 0.2) is 24.3 Å². The van der Waals surface area contributed by atoms with Crippen LogP contribution in [0.4, 0.5) is 0 Å². The van der Waals surface area contributed by atoms with E-state index in [4.69, 9.17) is 4.74 Å². The molecule has 1 saturated heterocycles. The van der Waals surface area contributed by atoms with E-state index in [2.05, 4.69) is 38.6 Å². The van der Waals surface area contributed by atoms with Gasteiger partial charge in [0.25, 0.3) is 0 Å². The van der Waals surface area contributed by atoms with Gasteiger partial charge < -0.3 is 4.74 Å². The summed E-state index contributed by atoms with van der Waals surface area (Å²) in [6.45, 7) is 5.05. The topological polar surface area (TPSA) is 56.1 Å². The Bertz CT molecular complexity index is 612. The average molecular weight is 301 g/mol. The molecule has 1 aromatic heterocycles. The molecule has 6 nitrogen and oxygen atoms in total. The van der Waals surface area contributed by atoms with E-state index in [-0.39, 0.29) is 0 Å². The lowest BCUT2D eigenvalue weighted by Gasteiger charge is -2.25. The number of benzene rings is 1. The van der Waals surface area contributed by atoms with Crippen LogP contribution in [-0.4, -0.2) is 45.3 Å². The fourth-order valence-corrected chi connectivity index (χ4v) is 3.20. The molecule has 0 N–H and O–H groups in total. The highest BCUT2D eigenvalue weighted by Gasteiger charge is 2.25. The third kappa shape index (κ3) is 3.27. The van der Waals surface area contributed by atoms with E-state index in [0.717, 1.165) is 37.6 Å². The van der Waals surface area contributed by atoms with E-state index < -0.39 is 0 Å². The highest BCUT2D eigenvalue weighted by atomic mass is 16.5. The molecule has 0 spiro atoms. The maximum absolute atomic E-state index is 5.35. The highest BCUT2D eigenvalue weighted by Crippen LogP contribution is 2.33. The third-order valence-electron chi connectivity index (χ3n) is 4.37. The van der Waals surface area contributed by atoms with E-state index in [1.54, 1.807) is 7.11 Å². The molecule has 0 aliphatic carbocycles. The van der Waals surface area contributed by atoms with Crippen LogP contribution in [0.3, 0.4) is 0 Å². The number of likely N-dealkylation sites (tertiary alicyclic amines) is 1. The smallest absolute Gasteiger partial charge is 0.148 e. The maximum atomic E-state index is 5.35. The molecule has 6 heteroatoms. The minimum Gasteiger partial charge on any atom is -0.497 e. The first-order chi connectivity index (χ1) is 10.8. The van der Waals surface area contributed by atoms with E-state index in [0.29, 0.717) is 6.04 Å². The first kappa shape index (κ1) is 15.0. The SMILES string of the molecule is COc1cccc([C@@H]2CCCN2CCCn2nnnc2C)c1. The summed E-state index contributed by atoms with van der Waals surface area (Å²) in [5.41, 5.74) is 1.36. The van der Waals surface area contributed by atoms with Gasteiger partial charge in [0.2, 0.25) is 0 Å². The summed E-state index contributed by atoms with van der Waals surface area (Å²) in [6, 6.07) is 8.95. The van der Waals surface area contributed by atoms with Crippen LogP contribution in [0.5, 0.6) is 5.75 Å². The lowest BCUT2D eigenvalue weighted by Crippen LogP contribution is -2.25. The first-order valence-electron chi connectivity index (χ1n) is 7.88. The van der Waals surface area contributed by atoms with Crippen molar-refractivity contribution < 1.29 is 4.74 Å². The Morgan fingerprint density at radius 1 is 1.32 bits per heavy atom. The van der Waals surface area contributed by atoms with Crippen molar-refractivity contribution in [1.29, 1.82) is 0 Å². The summed E-state index contributed by atoms with van der Waals surface area (Å²) in [5, 5.41) is 11.6. The Kier molecular flexibility index (Phi) is 4.68. The zero-order chi connectivity index (χ0) is 15.4. The zero-order valence-electron chi connectivity index (χ0n) is 13.3. The van der Waals surface area contributed by atoms with Crippen molar-refractivity contribution in [2.24, 2.45) is 0 Å². The van der Waals surface area contributed by atoms with E-state index in [1.165, 1.54) is 18.4 Å². The fourth-order valence-electron chi connectivity index (χ4n) is 3.20. The van der Waals surface area contributed by atoms with Crippen LogP contribution in [0.2, 0.25) is 0 Å². The van der Waals surface area contributed by atoms with Crippen molar-refractivity contribution >= 4 is 0 Å². The van der Waals surface area contributed by atoms with Crippen molar-refractivity contribution in [2.75, 3.05) is 20.2 Å². The van der Waals surface area contributed by atoms with Crippen molar-refractivity contribution in [3.63, 3.8) is 0 Å². The quantitative estimate of drug-likeness (QED) is 0.819. The van der Waals surface area contributed by atoms with Gasteiger partial charge in [0.05, 0.1) is 7.11 Å². The summed E-state index contributed by atoms with van der Waals surface area (Å²) in [5.74, 6) is 1.82. The molecule has 1 fully saturated rings. The molecular weight excluding hydrogens is 278 g/mol. The summed E-state index contributed by atoms with van der Waals surface area (Å²) < 4.78 is 7.22. The van der Waals surface area contributed by atoms with Gasteiger partial charge in [0.1, 0.15) is 11.6 Å². The van der Waals surface area contributed by atoms with Gasteiger partial charge >= 0.3 is 0 Å². The molecule has 0 amide bonds. The molecular formula is C16H23N5O. The Labute approximate surface area is 131 Å².